The monoisotopic (exact) mass is 1170 g/mol. The van der Waals surface area contributed by atoms with Crippen LogP contribution in [0.2, 0.25) is 0 Å². The lowest BCUT2D eigenvalue weighted by Gasteiger charge is -2.47. The SMILES string of the molecule is c1ccc(COC[C@H]2O[C@@H](OC3Cc4c(OCc5ccccc5)cc(OCc5ccccc5)cc4OC3c3ccc(OCc4ccccc4)c(OCc4ccccc4)c3)[C@H](OCc3ccccc3)[C@@H](OCc3ccccc3)[C@@H]2OCc2ccccc2)cc1. The average molecular weight is 1170 g/mol. The molecule has 88 heavy (non-hydrogen) atoms. The summed E-state index contributed by atoms with van der Waals surface area (Å²) in [4.78, 5) is 0. The summed E-state index contributed by atoms with van der Waals surface area (Å²) in [6.07, 6.45) is -5.30. The first-order chi connectivity index (χ1) is 43.6. The van der Waals surface area contributed by atoms with Gasteiger partial charge in [-0.2, -0.15) is 0 Å². The topological polar surface area (TPSA) is 102 Å². The summed E-state index contributed by atoms with van der Waals surface area (Å²) in [6.45, 7) is 2.53. The van der Waals surface area contributed by atoms with Crippen LogP contribution in [0.1, 0.15) is 61.7 Å². The van der Waals surface area contributed by atoms with E-state index in [0.717, 1.165) is 55.6 Å². The van der Waals surface area contributed by atoms with Gasteiger partial charge in [-0.25, -0.2) is 0 Å². The highest BCUT2D eigenvalue weighted by Gasteiger charge is 2.51. The van der Waals surface area contributed by atoms with E-state index >= 15 is 0 Å². The Balaban J connectivity index is 0.959. The maximum atomic E-state index is 7.68. The second-order valence-electron chi connectivity index (χ2n) is 21.9. The van der Waals surface area contributed by atoms with Gasteiger partial charge >= 0.3 is 0 Å². The van der Waals surface area contributed by atoms with E-state index in [9.17, 15) is 0 Å². The number of hydrogen-bond acceptors (Lipinski definition) is 11. The molecular weight excluding hydrogens is 1100 g/mol. The van der Waals surface area contributed by atoms with Crippen LogP contribution in [-0.4, -0.2) is 43.4 Å². The second kappa shape index (κ2) is 30.5. The van der Waals surface area contributed by atoms with Crippen molar-refractivity contribution in [3.05, 3.63) is 329 Å². The van der Waals surface area contributed by atoms with Gasteiger partial charge in [0.05, 0.1) is 33.0 Å². The van der Waals surface area contributed by atoms with Gasteiger partial charge in [0.15, 0.2) is 23.9 Å². The van der Waals surface area contributed by atoms with Gasteiger partial charge in [0.2, 0.25) is 0 Å². The Bertz CT molecular complexity index is 3660. The molecule has 446 valence electrons. The number of ether oxygens (including phenoxy) is 11. The fourth-order valence-corrected chi connectivity index (χ4v) is 10.9. The van der Waals surface area contributed by atoms with E-state index in [0.29, 0.717) is 68.2 Å². The van der Waals surface area contributed by atoms with Crippen molar-refractivity contribution in [2.45, 2.75) is 102 Å². The zero-order valence-corrected chi connectivity index (χ0v) is 49.1. The Morgan fingerprint density at radius 3 is 1.22 bits per heavy atom. The number of benzene rings is 10. The largest absolute Gasteiger partial charge is 0.489 e. The van der Waals surface area contributed by atoms with Crippen LogP contribution >= 0.6 is 0 Å². The molecule has 7 atom stereocenters. The average Bonchev–Trinajstić information content (AvgIpc) is 1.07. The molecule has 2 aliphatic heterocycles. The lowest BCUT2D eigenvalue weighted by Crippen LogP contribution is -2.62. The predicted octanol–water partition coefficient (Wildman–Crippen LogP) is 15.8. The van der Waals surface area contributed by atoms with Crippen LogP contribution in [0.3, 0.4) is 0 Å². The summed E-state index contributed by atoms with van der Waals surface area (Å²) in [7, 11) is 0. The van der Waals surface area contributed by atoms with E-state index < -0.39 is 42.9 Å². The van der Waals surface area contributed by atoms with Crippen LogP contribution in [-0.2, 0) is 87.7 Å². The molecule has 2 aliphatic rings. The lowest BCUT2D eigenvalue weighted by molar-refractivity contribution is -0.340. The molecule has 2 unspecified atom stereocenters. The molecule has 11 heteroatoms. The normalized spacial score (nSPS) is 18.8. The molecule has 0 aromatic heterocycles. The third-order valence-corrected chi connectivity index (χ3v) is 15.5. The van der Waals surface area contributed by atoms with Crippen LogP contribution in [0.4, 0.5) is 0 Å². The fraction of sp³-hybridized carbons (Fsp3) is 0.221. The Morgan fingerprint density at radius 1 is 0.341 bits per heavy atom. The number of rotatable bonds is 28. The van der Waals surface area contributed by atoms with Gasteiger partial charge in [-0.3, -0.25) is 0 Å². The third kappa shape index (κ3) is 16.3. The maximum absolute atomic E-state index is 7.68. The van der Waals surface area contributed by atoms with Gasteiger partial charge in [0.1, 0.15) is 74.2 Å². The molecule has 11 nitrogen and oxygen atoms in total. The Kier molecular flexibility index (Phi) is 20.6. The third-order valence-electron chi connectivity index (χ3n) is 15.5. The van der Waals surface area contributed by atoms with E-state index in [1.165, 1.54) is 0 Å². The van der Waals surface area contributed by atoms with Crippen molar-refractivity contribution in [3.63, 3.8) is 0 Å². The molecule has 0 spiro atoms. The first-order valence-corrected chi connectivity index (χ1v) is 30.1. The first-order valence-electron chi connectivity index (χ1n) is 30.1. The van der Waals surface area contributed by atoms with Crippen molar-refractivity contribution in [2.24, 2.45) is 0 Å². The van der Waals surface area contributed by atoms with E-state index in [1.807, 2.05) is 237 Å². The summed E-state index contributed by atoms with van der Waals surface area (Å²) in [6, 6.07) is 90.8. The van der Waals surface area contributed by atoms with Gasteiger partial charge in [0.25, 0.3) is 0 Å². The highest BCUT2D eigenvalue weighted by Crippen LogP contribution is 2.47. The predicted molar refractivity (Wildman–Crippen MR) is 338 cm³/mol. The van der Waals surface area contributed by atoms with Crippen LogP contribution in [0, 0.1) is 0 Å². The minimum Gasteiger partial charge on any atom is -0.489 e. The first kappa shape index (κ1) is 59.3. The number of hydrogen-bond donors (Lipinski definition) is 0. The molecule has 0 radical (unpaired) electrons. The van der Waals surface area contributed by atoms with Gasteiger partial charge < -0.3 is 52.1 Å². The summed E-state index contributed by atoms with van der Waals surface area (Å²) < 4.78 is 77.3. The molecule has 0 amide bonds. The van der Waals surface area contributed by atoms with Crippen LogP contribution in [0.15, 0.2) is 273 Å². The van der Waals surface area contributed by atoms with Crippen LogP contribution in [0.5, 0.6) is 28.7 Å². The van der Waals surface area contributed by atoms with E-state index in [-0.39, 0.29) is 26.4 Å². The molecule has 1 saturated heterocycles. The number of fused-ring (bicyclic) bond motifs is 1. The molecule has 2 heterocycles. The minimum absolute atomic E-state index is 0.147. The summed E-state index contributed by atoms with van der Waals surface area (Å²) in [5.74, 6) is 2.89. The highest BCUT2D eigenvalue weighted by atomic mass is 16.7. The van der Waals surface area contributed by atoms with Crippen molar-refractivity contribution in [3.8, 4) is 28.7 Å². The van der Waals surface area contributed by atoms with Gasteiger partial charge in [-0.15, -0.1) is 0 Å². The standard InChI is InChI=1S/C77H72O11/c1-9-25-56(26-10-1)47-78-55-72-74(83-52-61-35-19-6-20-36-61)75(84-53-62-37-21-7-22-38-62)76(85-54-63-39-23-8-24-40-63)77(88-72)87-71-46-66-68(81-50-59-31-15-4-16-32-59)44-65(79-48-57-27-11-2-12-28-57)45-69(66)86-73(71)64-41-42-67(80-49-58-29-13-3-14-30-58)70(43-64)82-51-60-33-17-5-18-34-60/h1-45,71-77H,46-55H2/t71?,72-,73?,74-,75+,76-,77-/m1/s1. The van der Waals surface area contributed by atoms with Crippen molar-refractivity contribution in [2.75, 3.05) is 6.61 Å². The zero-order valence-electron chi connectivity index (χ0n) is 49.1. The molecule has 0 bridgehead atoms. The van der Waals surface area contributed by atoms with Crippen molar-refractivity contribution < 1.29 is 52.1 Å². The molecule has 1 fully saturated rings. The molecule has 10 aromatic rings. The summed E-state index contributed by atoms with van der Waals surface area (Å²) in [5, 5.41) is 0. The quantitative estimate of drug-likeness (QED) is 0.0468. The van der Waals surface area contributed by atoms with E-state index in [1.54, 1.807) is 0 Å². The Hall–Kier alpha value is -9.04. The second-order valence-corrected chi connectivity index (χ2v) is 21.9. The van der Waals surface area contributed by atoms with Crippen LogP contribution < -0.4 is 23.7 Å². The summed E-state index contributed by atoms with van der Waals surface area (Å²) in [5.41, 5.74) is 9.61. The van der Waals surface area contributed by atoms with Crippen LogP contribution in [0.25, 0.3) is 0 Å². The van der Waals surface area contributed by atoms with E-state index in [2.05, 4.69) is 36.4 Å². The van der Waals surface area contributed by atoms with Gasteiger partial charge in [-0.05, 0) is 62.2 Å². The molecular formula is C77H72O11. The smallest absolute Gasteiger partial charge is 0.187 e. The maximum Gasteiger partial charge on any atom is 0.187 e. The summed E-state index contributed by atoms with van der Waals surface area (Å²) >= 11 is 0. The zero-order chi connectivity index (χ0) is 59.4. The van der Waals surface area contributed by atoms with Gasteiger partial charge in [-0.1, -0.05) is 249 Å². The molecule has 0 saturated carbocycles. The molecule has 0 N–H and O–H groups in total. The molecule has 10 aromatic carbocycles. The Morgan fingerprint density at radius 2 is 0.739 bits per heavy atom. The van der Waals surface area contributed by atoms with E-state index in [4.69, 9.17) is 52.1 Å². The van der Waals surface area contributed by atoms with Crippen molar-refractivity contribution in [1.29, 1.82) is 0 Å². The molecule has 0 aliphatic carbocycles. The lowest BCUT2D eigenvalue weighted by atomic mass is 9.92. The Labute approximate surface area is 515 Å². The van der Waals surface area contributed by atoms with Crippen molar-refractivity contribution in [1.82, 2.24) is 0 Å². The minimum atomic E-state index is -1.08. The molecule has 12 rings (SSSR count). The fourth-order valence-electron chi connectivity index (χ4n) is 10.9. The van der Waals surface area contributed by atoms with Crippen molar-refractivity contribution >= 4 is 0 Å². The van der Waals surface area contributed by atoms with Gasteiger partial charge in [0, 0.05) is 24.1 Å². The highest BCUT2D eigenvalue weighted by molar-refractivity contribution is 5.54.